The third-order valence-electron chi connectivity index (χ3n) is 4.20. The van der Waals surface area contributed by atoms with E-state index in [1.54, 1.807) is 4.90 Å². The first-order valence-electron chi connectivity index (χ1n) is 7.09. The molecule has 20 heavy (non-hydrogen) atoms. The van der Waals surface area contributed by atoms with Gasteiger partial charge < -0.3 is 15.4 Å². The van der Waals surface area contributed by atoms with Crippen LogP contribution in [0.15, 0.2) is 0 Å². The quantitative estimate of drug-likeness (QED) is 0.840. The number of hydrogen-bond donors (Lipinski definition) is 1. The van der Waals surface area contributed by atoms with Crippen LogP contribution in [-0.2, 0) is 9.53 Å². The molecule has 0 aromatic heterocycles. The highest BCUT2D eigenvalue weighted by Crippen LogP contribution is 2.40. The summed E-state index contributed by atoms with van der Waals surface area (Å²) in [7, 11) is 0. The number of hydrogen-bond acceptors (Lipinski definition) is 3. The van der Waals surface area contributed by atoms with Crippen molar-refractivity contribution in [3.8, 4) is 0 Å². The summed E-state index contributed by atoms with van der Waals surface area (Å²) in [6, 6.07) is 0. The first-order chi connectivity index (χ1) is 9.41. The third-order valence-corrected chi connectivity index (χ3v) is 4.20. The minimum atomic E-state index is -4.19. The number of carbonyl (C=O) groups is 1. The van der Waals surface area contributed by atoms with Crippen LogP contribution in [0.25, 0.3) is 0 Å². The number of amides is 1. The Balaban J connectivity index is 1.94. The minimum absolute atomic E-state index is 0.0764. The molecule has 1 heterocycles. The van der Waals surface area contributed by atoms with E-state index in [-0.39, 0.29) is 24.9 Å². The maximum atomic E-state index is 12.8. The van der Waals surface area contributed by atoms with Crippen LogP contribution in [0.2, 0.25) is 0 Å². The molecule has 0 aromatic carbocycles. The number of alkyl halides is 3. The van der Waals surface area contributed by atoms with Gasteiger partial charge >= 0.3 is 6.18 Å². The number of carbonyl (C=O) groups excluding carboxylic acids is 1. The van der Waals surface area contributed by atoms with Gasteiger partial charge in [0.15, 0.2) is 0 Å². The molecule has 7 heteroatoms. The Labute approximate surface area is 116 Å². The van der Waals surface area contributed by atoms with Crippen molar-refractivity contribution in [3.05, 3.63) is 0 Å². The molecule has 1 amide bonds. The Bertz CT molecular complexity index is 349. The summed E-state index contributed by atoms with van der Waals surface area (Å²) in [5.74, 6) is -2.01. The van der Waals surface area contributed by atoms with E-state index in [1.807, 2.05) is 0 Å². The Hall–Kier alpha value is -0.820. The predicted octanol–water partition coefficient (Wildman–Crippen LogP) is 1.54. The molecule has 4 nitrogen and oxygen atoms in total. The number of ether oxygens (including phenoxy) is 1. The summed E-state index contributed by atoms with van der Waals surface area (Å²) in [4.78, 5) is 14.0. The van der Waals surface area contributed by atoms with E-state index in [1.165, 1.54) is 0 Å². The minimum Gasteiger partial charge on any atom is -0.373 e. The Morgan fingerprint density at radius 2 is 2.10 bits per heavy atom. The highest BCUT2D eigenvalue weighted by Gasteiger charge is 2.44. The molecule has 3 unspecified atom stereocenters. The average Bonchev–Trinajstić information content (AvgIpc) is 2.46. The highest BCUT2D eigenvalue weighted by molar-refractivity contribution is 5.79. The summed E-state index contributed by atoms with van der Waals surface area (Å²) in [6.07, 6.45) is -3.31. The maximum absolute atomic E-state index is 12.8. The van der Waals surface area contributed by atoms with Crippen molar-refractivity contribution >= 4 is 5.91 Å². The molecular weight excluding hydrogens is 273 g/mol. The van der Waals surface area contributed by atoms with E-state index in [0.29, 0.717) is 39.1 Å². The van der Waals surface area contributed by atoms with Crippen molar-refractivity contribution in [1.29, 1.82) is 0 Å². The molecule has 0 radical (unpaired) electrons. The predicted molar refractivity (Wildman–Crippen MR) is 66.9 cm³/mol. The van der Waals surface area contributed by atoms with E-state index in [2.05, 4.69) is 0 Å². The van der Waals surface area contributed by atoms with Gasteiger partial charge in [0.25, 0.3) is 0 Å². The van der Waals surface area contributed by atoms with E-state index >= 15 is 0 Å². The second kappa shape index (κ2) is 6.30. The van der Waals surface area contributed by atoms with Gasteiger partial charge in [-0.2, -0.15) is 13.2 Å². The van der Waals surface area contributed by atoms with Gasteiger partial charge in [0, 0.05) is 25.6 Å². The average molecular weight is 294 g/mol. The normalized spacial score (nSPS) is 32.2. The second-order valence-electron chi connectivity index (χ2n) is 5.61. The summed E-state index contributed by atoms with van der Waals surface area (Å²) in [5, 5.41) is 0. The van der Waals surface area contributed by atoms with Gasteiger partial charge in [-0.1, -0.05) is 6.42 Å². The highest BCUT2D eigenvalue weighted by atomic mass is 19.4. The van der Waals surface area contributed by atoms with Crippen molar-refractivity contribution in [1.82, 2.24) is 4.90 Å². The number of nitrogens with zero attached hydrogens (tertiary/aromatic N) is 1. The fraction of sp³-hybridized carbons (Fsp3) is 0.923. The Kier molecular flexibility index (Phi) is 4.90. The van der Waals surface area contributed by atoms with Crippen LogP contribution in [0.1, 0.15) is 25.7 Å². The second-order valence-corrected chi connectivity index (χ2v) is 5.61. The zero-order valence-electron chi connectivity index (χ0n) is 11.4. The summed E-state index contributed by atoms with van der Waals surface area (Å²) >= 11 is 0. The zero-order chi connectivity index (χ0) is 14.8. The lowest BCUT2D eigenvalue weighted by Crippen LogP contribution is -2.50. The SMILES string of the molecule is NCC1CN(C(=O)C2CCCC(C(F)(F)F)C2)CCO1. The van der Waals surface area contributed by atoms with Crippen molar-refractivity contribution in [2.75, 3.05) is 26.2 Å². The topological polar surface area (TPSA) is 55.6 Å². The largest absolute Gasteiger partial charge is 0.391 e. The van der Waals surface area contributed by atoms with E-state index < -0.39 is 18.0 Å². The lowest BCUT2D eigenvalue weighted by atomic mass is 9.80. The molecule has 1 saturated heterocycles. The van der Waals surface area contributed by atoms with Gasteiger partial charge in [0.1, 0.15) is 0 Å². The molecule has 116 valence electrons. The Morgan fingerprint density at radius 3 is 2.75 bits per heavy atom. The number of rotatable bonds is 2. The van der Waals surface area contributed by atoms with Crippen molar-refractivity contribution in [3.63, 3.8) is 0 Å². The number of halogens is 3. The molecule has 0 spiro atoms. The lowest BCUT2D eigenvalue weighted by Gasteiger charge is -2.37. The van der Waals surface area contributed by atoms with Crippen molar-refractivity contribution in [2.45, 2.75) is 38.0 Å². The number of morpholine rings is 1. The van der Waals surface area contributed by atoms with Crippen LogP contribution >= 0.6 is 0 Å². The van der Waals surface area contributed by atoms with Gasteiger partial charge in [-0.15, -0.1) is 0 Å². The van der Waals surface area contributed by atoms with E-state index in [9.17, 15) is 18.0 Å². The van der Waals surface area contributed by atoms with Gasteiger partial charge in [-0.3, -0.25) is 4.79 Å². The van der Waals surface area contributed by atoms with Crippen LogP contribution in [-0.4, -0.2) is 49.3 Å². The fourth-order valence-electron chi connectivity index (χ4n) is 3.03. The van der Waals surface area contributed by atoms with Crippen LogP contribution in [0.3, 0.4) is 0 Å². The van der Waals surface area contributed by atoms with E-state index in [0.717, 1.165) is 0 Å². The van der Waals surface area contributed by atoms with Gasteiger partial charge in [-0.05, 0) is 19.3 Å². The molecule has 3 atom stereocenters. The van der Waals surface area contributed by atoms with E-state index in [4.69, 9.17) is 10.5 Å². The summed E-state index contributed by atoms with van der Waals surface area (Å²) in [5.41, 5.74) is 5.51. The molecule has 2 aliphatic rings. The molecule has 1 aliphatic carbocycles. The number of nitrogens with two attached hydrogens (primary N) is 1. The van der Waals surface area contributed by atoms with Crippen LogP contribution in [0.4, 0.5) is 13.2 Å². The van der Waals surface area contributed by atoms with Gasteiger partial charge in [-0.25, -0.2) is 0 Å². The molecule has 1 saturated carbocycles. The molecule has 0 aromatic rings. The molecule has 2 rings (SSSR count). The standard InChI is InChI=1S/C13H21F3N2O2/c14-13(15,16)10-3-1-2-9(6-10)12(19)18-4-5-20-11(7-17)8-18/h9-11H,1-8,17H2. The third kappa shape index (κ3) is 3.63. The summed E-state index contributed by atoms with van der Waals surface area (Å²) < 4.78 is 43.7. The fourth-order valence-corrected chi connectivity index (χ4v) is 3.03. The lowest BCUT2D eigenvalue weighted by molar-refractivity contribution is -0.187. The maximum Gasteiger partial charge on any atom is 0.391 e. The van der Waals surface area contributed by atoms with Crippen LogP contribution in [0.5, 0.6) is 0 Å². The monoisotopic (exact) mass is 294 g/mol. The van der Waals surface area contributed by atoms with Gasteiger partial charge in [0.05, 0.1) is 18.6 Å². The van der Waals surface area contributed by atoms with Crippen molar-refractivity contribution in [2.24, 2.45) is 17.6 Å². The molecule has 2 N–H and O–H groups in total. The zero-order valence-corrected chi connectivity index (χ0v) is 11.4. The first-order valence-corrected chi connectivity index (χ1v) is 7.09. The Morgan fingerprint density at radius 1 is 1.35 bits per heavy atom. The van der Waals surface area contributed by atoms with Crippen molar-refractivity contribution < 1.29 is 22.7 Å². The van der Waals surface area contributed by atoms with Crippen LogP contribution < -0.4 is 5.73 Å². The summed E-state index contributed by atoms with van der Waals surface area (Å²) in [6.45, 7) is 1.56. The van der Waals surface area contributed by atoms with Gasteiger partial charge in [0.2, 0.25) is 5.91 Å². The van der Waals surface area contributed by atoms with Crippen LogP contribution in [0, 0.1) is 11.8 Å². The smallest absolute Gasteiger partial charge is 0.373 e. The first kappa shape index (κ1) is 15.6. The molecule has 0 bridgehead atoms. The molecular formula is C13H21F3N2O2. The molecule has 1 aliphatic heterocycles. The molecule has 2 fully saturated rings.